The summed E-state index contributed by atoms with van der Waals surface area (Å²) < 4.78 is 0. The fraction of sp³-hybridized carbons (Fsp3) is 1.00. The minimum absolute atomic E-state index is 0.620. The number of nitrogens with zero attached hydrogens (tertiary/aromatic N) is 1. The van der Waals surface area contributed by atoms with Crippen LogP contribution in [0.1, 0.15) is 66.7 Å². The Morgan fingerprint density at radius 2 is 1.65 bits per heavy atom. The van der Waals surface area contributed by atoms with E-state index in [-0.39, 0.29) is 0 Å². The van der Waals surface area contributed by atoms with E-state index < -0.39 is 0 Å². The minimum atomic E-state index is 0.620. The monoisotopic (exact) mass is 239 g/mol. The van der Waals surface area contributed by atoms with Gasteiger partial charge in [0.2, 0.25) is 0 Å². The van der Waals surface area contributed by atoms with Crippen LogP contribution in [0.4, 0.5) is 0 Å². The SMILES string of the molecule is CC(C)C1CCC(C)(CCN(C)C(C)C)CC1. The maximum atomic E-state index is 2.51. The van der Waals surface area contributed by atoms with Crippen molar-refractivity contribution in [2.24, 2.45) is 17.3 Å². The molecule has 1 heteroatoms. The van der Waals surface area contributed by atoms with Crippen molar-refractivity contribution in [3.63, 3.8) is 0 Å². The summed E-state index contributed by atoms with van der Waals surface area (Å²) in [7, 11) is 2.26. The summed E-state index contributed by atoms with van der Waals surface area (Å²) in [5, 5.41) is 0. The van der Waals surface area contributed by atoms with Crippen molar-refractivity contribution in [2.75, 3.05) is 13.6 Å². The molecule has 1 rings (SSSR count). The predicted molar refractivity (Wildman–Crippen MR) is 77.3 cm³/mol. The molecule has 0 aromatic heterocycles. The van der Waals surface area contributed by atoms with Crippen LogP contribution in [-0.2, 0) is 0 Å². The molecule has 0 N–H and O–H groups in total. The first-order chi connectivity index (χ1) is 7.84. The number of rotatable bonds is 5. The molecule has 0 unspecified atom stereocenters. The summed E-state index contributed by atoms with van der Waals surface area (Å²) in [4.78, 5) is 2.49. The second kappa shape index (κ2) is 6.22. The standard InChI is InChI=1S/C16H33N/c1-13(2)15-7-9-16(5,10-8-15)11-12-17(6)14(3)4/h13-15H,7-12H2,1-6H3. The lowest BCUT2D eigenvalue weighted by molar-refractivity contribution is 0.114. The van der Waals surface area contributed by atoms with Crippen molar-refractivity contribution in [3.05, 3.63) is 0 Å². The fourth-order valence-corrected chi connectivity index (χ4v) is 2.96. The minimum Gasteiger partial charge on any atom is -0.304 e. The zero-order valence-corrected chi connectivity index (χ0v) is 12.9. The molecule has 1 aliphatic rings. The highest BCUT2D eigenvalue weighted by Gasteiger charge is 2.31. The third kappa shape index (κ3) is 4.62. The van der Waals surface area contributed by atoms with Gasteiger partial charge in [-0.3, -0.25) is 0 Å². The molecule has 1 nitrogen and oxygen atoms in total. The normalized spacial score (nSPS) is 30.5. The molecule has 1 fully saturated rings. The second-order valence-electron chi connectivity index (χ2n) is 7.22. The van der Waals surface area contributed by atoms with Gasteiger partial charge in [-0.05, 0) is 76.8 Å². The molecular formula is C16H33N. The third-order valence-electron chi connectivity index (χ3n) is 5.13. The van der Waals surface area contributed by atoms with E-state index in [0.29, 0.717) is 11.5 Å². The smallest absolute Gasteiger partial charge is 0.00355 e. The average Bonchev–Trinajstić information content (AvgIpc) is 2.26. The van der Waals surface area contributed by atoms with Crippen molar-refractivity contribution in [1.82, 2.24) is 4.90 Å². The molecular weight excluding hydrogens is 206 g/mol. The highest BCUT2D eigenvalue weighted by atomic mass is 15.1. The van der Waals surface area contributed by atoms with Gasteiger partial charge < -0.3 is 4.90 Å². The molecule has 102 valence electrons. The quantitative estimate of drug-likeness (QED) is 0.679. The van der Waals surface area contributed by atoms with Gasteiger partial charge in [-0.25, -0.2) is 0 Å². The van der Waals surface area contributed by atoms with E-state index in [0.717, 1.165) is 11.8 Å². The third-order valence-corrected chi connectivity index (χ3v) is 5.13. The van der Waals surface area contributed by atoms with Gasteiger partial charge in [-0.15, -0.1) is 0 Å². The van der Waals surface area contributed by atoms with Gasteiger partial charge in [-0.1, -0.05) is 20.8 Å². The molecule has 0 aromatic carbocycles. The number of hydrogen-bond acceptors (Lipinski definition) is 1. The maximum absolute atomic E-state index is 2.51. The van der Waals surface area contributed by atoms with Crippen molar-refractivity contribution >= 4 is 0 Å². The first kappa shape index (κ1) is 15.0. The largest absolute Gasteiger partial charge is 0.304 e. The zero-order valence-electron chi connectivity index (χ0n) is 12.9. The van der Waals surface area contributed by atoms with Gasteiger partial charge in [0.25, 0.3) is 0 Å². The molecule has 1 aliphatic carbocycles. The fourth-order valence-electron chi connectivity index (χ4n) is 2.96. The zero-order chi connectivity index (χ0) is 13.1. The summed E-state index contributed by atoms with van der Waals surface area (Å²) in [6.45, 7) is 13.1. The first-order valence-corrected chi connectivity index (χ1v) is 7.54. The molecule has 0 radical (unpaired) electrons. The molecule has 0 aromatic rings. The lowest BCUT2D eigenvalue weighted by atomic mass is 9.67. The Labute approximate surface area is 109 Å². The van der Waals surface area contributed by atoms with E-state index in [1.54, 1.807) is 0 Å². The Bertz CT molecular complexity index is 212. The summed E-state index contributed by atoms with van der Waals surface area (Å²) in [6, 6.07) is 0.686. The molecule has 17 heavy (non-hydrogen) atoms. The first-order valence-electron chi connectivity index (χ1n) is 7.54. The molecule has 0 aliphatic heterocycles. The summed E-state index contributed by atoms with van der Waals surface area (Å²) in [5.74, 6) is 1.88. The Hall–Kier alpha value is -0.0400. The Morgan fingerprint density at radius 3 is 2.06 bits per heavy atom. The van der Waals surface area contributed by atoms with Crippen LogP contribution >= 0.6 is 0 Å². The maximum Gasteiger partial charge on any atom is 0.00355 e. The van der Waals surface area contributed by atoms with E-state index in [1.165, 1.54) is 38.6 Å². The highest BCUT2D eigenvalue weighted by molar-refractivity contribution is 4.84. The molecule has 0 bridgehead atoms. The van der Waals surface area contributed by atoms with Gasteiger partial charge in [0, 0.05) is 6.04 Å². The lowest BCUT2D eigenvalue weighted by Crippen LogP contribution is -2.33. The Balaban J connectivity index is 2.34. The van der Waals surface area contributed by atoms with E-state index >= 15 is 0 Å². The summed E-state index contributed by atoms with van der Waals surface area (Å²) >= 11 is 0. The van der Waals surface area contributed by atoms with Crippen molar-refractivity contribution in [2.45, 2.75) is 72.8 Å². The van der Waals surface area contributed by atoms with E-state index in [9.17, 15) is 0 Å². The van der Waals surface area contributed by atoms with Crippen molar-refractivity contribution in [1.29, 1.82) is 0 Å². The summed E-state index contributed by atoms with van der Waals surface area (Å²) in [5.41, 5.74) is 0.620. The van der Waals surface area contributed by atoms with E-state index in [2.05, 4.69) is 46.6 Å². The molecule has 0 saturated heterocycles. The van der Waals surface area contributed by atoms with Crippen LogP contribution < -0.4 is 0 Å². The van der Waals surface area contributed by atoms with Crippen LogP contribution in [0.15, 0.2) is 0 Å². The van der Waals surface area contributed by atoms with Gasteiger partial charge in [0.1, 0.15) is 0 Å². The highest BCUT2D eigenvalue weighted by Crippen LogP contribution is 2.43. The topological polar surface area (TPSA) is 3.24 Å². The molecule has 0 atom stereocenters. The van der Waals surface area contributed by atoms with E-state index in [4.69, 9.17) is 0 Å². The molecule has 1 saturated carbocycles. The summed E-state index contributed by atoms with van der Waals surface area (Å²) in [6.07, 6.45) is 7.19. The van der Waals surface area contributed by atoms with Crippen molar-refractivity contribution in [3.8, 4) is 0 Å². The van der Waals surface area contributed by atoms with Crippen LogP contribution in [0.3, 0.4) is 0 Å². The van der Waals surface area contributed by atoms with Crippen LogP contribution in [0.25, 0.3) is 0 Å². The lowest BCUT2D eigenvalue weighted by Gasteiger charge is -2.40. The van der Waals surface area contributed by atoms with Crippen LogP contribution in [0, 0.1) is 17.3 Å². The van der Waals surface area contributed by atoms with Gasteiger partial charge in [0.15, 0.2) is 0 Å². The molecule has 0 spiro atoms. The second-order valence-corrected chi connectivity index (χ2v) is 7.22. The predicted octanol–water partition coefficient (Wildman–Crippen LogP) is 4.57. The van der Waals surface area contributed by atoms with Crippen LogP contribution in [0.5, 0.6) is 0 Å². The van der Waals surface area contributed by atoms with Gasteiger partial charge in [-0.2, -0.15) is 0 Å². The Kier molecular flexibility index (Phi) is 5.50. The molecule has 0 amide bonds. The van der Waals surface area contributed by atoms with Crippen LogP contribution in [-0.4, -0.2) is 24.5 Å². The van der Waals surface area contributed by atoms with Gasteiger partial charge >= 0.3 is 0 Å². The van der Waals surface area contributed by atoms with Crippen LogP contribution in [0.2, 0.25) is 0 Å². The number of hydrogen-bond donors (Lipinski definition) is 0. The average molecular weight is 239 g/mol. The Morgan fingerprint density at radius 1 is 1.12 bits per heavy atom. The molecule has 0 heterocycles. The van der Waals surface area contributed by atoms with Crippen molar-refractivity contribution < 1.29 is 0 Å². The van der Waals surface area contributed by atoms with Gasteiger partial charge in [0.05, 0.1) is 0 Å². The van der Waals surface area contributed by atoms with E-state index in [1.807, 2.05) is 0 Å².